The molecular formula is C16H22ClFO. The van der Waals surface area contributed by atoms with Gasteiger partial charge in [-0.3, -0.25) is 4.79 Å². The minimum Gasteiger partial charge on any atom is -0.294 e. The Hall–Kier alpha value is -0.890. The van der Waals surface area contributed by atoms with Gasteiger partial charge in [0.05, 0.1) is 10.6 Å². The predicted molar refractivity (Wildman–Crippen MR) is 78.2 cm³/mol. The summed E-state index contributed by atoms with van der Waals surface area (Å²) in [6.45, 7) is 10.5. The van der Waals surface area contributed by atoms with E-state index in [9.17, 15) is 9.18 Å². The minimum atomic E-state index is -0.610. The zero-order valence-electron chi connectivity index (χ0n) is 12.3. The number of hydrogen-bond acceptors (Lipinski definition) is 1. The Labute approximate surface area is 120 Å². The van der Waals surface area contributed by atoms with E-state index >= 15 is 0 Å². The normalized spacial score (nSPS) is 12.6. The number of carbonyl (C=O) groups excluding carboxylic acids is 1. The fourth-order valence-corrected chi connectivity index (χ4v) is 2.92. The van der Waals surface area contributed by atoms with E-state index in [1.54, 1.807) is 6.07 Å². The Morgan fingerprint density at radius 3 is 2.32 bits per heavy atom. The summed E-state index contributed by atoms with van der Waals surface area (Å²) in [4.78, 5) is 12.2. The van der Waals surface area contributed by atoms with Crippen molar-refractivity contribution in [3.05, 3.63) is 34.6 Å². The fraction of sp³-hybridized carbons (Fsp3) is 0.562. The van der Waals surface area contributed by atoms with E-state index in [-0.39, 0.29) is 27.2 Å². The van der Waals surface area contributed by atoms with Gasteiger partial charge in [0.2, 0.25) is 0 Å². The highest BCUT2D eigenvalue weighted by Gasteiger charge is 2.29. The molecule has 0 saturated carbocycles. The molecule has 0 aliphatic rings. The van der Waals surface area contributed by atoms with E-state index in [1.807, 2.05) is 13.8 Å². The van der Waals surface area contributed by atoms with Gasteiger partial charge in [-0.2, -0.15) is 0 Å². The third-order valence-corrected chi connectivity index (χ3v) is 3.19. The van der Waals surface area contributed by atoms with Crippen molar-refractivity contribution >= 4 is 17.4 Å². The molecule has 0 heterocycles. The quantitative estimate of drug-likeness (QED) is 0.666. The standard InChI is InChI=1S/C16H22ClFO/c1-15(2,3)10-16(4,5)9-13(19)11-7-6-8-12(17)14(11)18/h6-8H,9-10H2,1-5H3. The van der Waals surface area contributed by atoms with Gasteiger partial charge in [-0.05, 0) is 29.4 Å². The smallest absolute Gasteiger partial charge is 0.166 e. The summed E-state index contributed by atoms with van der Waals surface area (Å²) in [5.74, 6) is -0.796. The van der Waals surface area contributed by atoms with Crippen molar-refractivity contribution in [2.45, 2.75) is 47.5 Å². The van der Waals surface area contributed by atoms with Crippen LogP contribution in [-0.2, 0) is 0 Å². The molecule has 1 nitrogen and oxygen atoms in total. The number of rotatable bonds is 4. The molecule has 106 valence electrons. The first-order valence-electron chi connectivity index (χ1n) is 6.49. The molecule has 19 heavy (non-hydrogen) atoms. The van der Waals surface area contributed by atoms with Gasteiger partial charge in [0.15, 0.2) is 11.6 Å². The van der Waals surface area contributed by atoms with Crippen molar-refractivity contribution in [2.24, 2.45) is 10.8 Å². The van der Waals surface area contributed by atoms with Gasteiger partial charge < -0.3 is 0 Å². The third-order valence-electron chi connectivity index (χ3n) is 2.90. The first kappa shape index (κ1) is 16.2. The van der Waals surface area contributed by atoms with Crippen LogP contribution in [0.25, 0.3) is 0 Å². The molecule has 3 heteroatoms. The van der Waals surface area contributed by atoms with E-state index in [0.717, 1.165) is 6.42 Å². The topological polar surface area (TPSA) is 17.1 Å². The van der Waals surface area contributed by atoms with E-state index in [4.69, 9.17) is 11.6 Å². The lowest BCUT2D eigenvalue weighted by Crippen LogP contribution is -2.24. The predicted octanol–water partition coefficient (Wildman–Crippen LogP) is 5.51. The van der Waals surface area contributed by atoms with Crippen molar-refractivity contribution in [2.75, 3.05) is 0 Å². The van der Waals surface area contributed by atoms with E-state index in [1.165, 1.54) is 12.1 Å². The summed E-state index contributed by atoms with van der Waals surface area (Å²) in [5.41, 5.74) is 0.0651. The molecule has 0 N–H and O–H groups in total. The van der Waals surface area contributed by atoms with Crippen molar-refractivity contribution in [1.82, 2.24) is 0 Å². The minimum absolute atomic E-state index is 0.000484. The zero-order chi connectivity index (χ0) is 14.8. The van der Waals surface area contributed by atoms with Gasteiger partial charge in [-0.1, -0.05) is 52.3 Å². The van der Waals surface area contributed by atoms with E-state index < -0.39 is 5.82 Å². The monoisotopic (exact) mass is 284 g/mol. The van der Waals surface area contributed by atoms with Crippen molar-refractivity contribution in [3.8, 4) is 0 Å². The number of Topliss-reactive ketones (excluding diaryl/α,β-unsaturated/α-hetero) is 1. The zero-order valence-corrected chi connectivity index (χ0v) is 13.1. The highest BCUT2D eigenvalue weighted by Crippen LogP contribution is 2.37. The highest BCUT2D eigenvalue weighted by molar-refractivity contribution is 6.31. The van der Waals surface area contributed by atoms with Gasteiger partial charge >= 0.3 is 0 Å². The summed E-state index contributed by atoms with van der Waals surface area (Å²) < 4.78 is 13.8. The summed E-state index contributed by atoms with van der Waals surface area (Å²) in [6, 6.07) is 4.56. The maximum atomic E-state index is 13.8. The van der Waals surface area contributed by atoms with Crippen LogP contribution in [0.4, 0.5) is 4.39 Å². The van der Waals surface area contributed by atoms with Crippen LogP contribution in [0.3, 0.4) is 0 Å². The molecule has 0 aliphatic heterocycles. The second kappa shape index (κ2) is 5.62. The molecule has 0 bridgehead atoms. The van der Waals surface area contributed by atoms with Crippen LogP contribution in [0.15, 0.2) is 18.2 Å². The third kappa shape index (κ3) is 4.94. The van der Waals surface area contributed by atoms with Gasteiger partial charge in [-0.15, -0.1) is 0 Å². The lowest BCUT2D eigenvalue weighted by molar-refractivity contribution is 0.0893. The van der Waals surface area contributed by atoms with Crippen molar-refractivity contribution in [3.63, 3.8) is 0 Å². The number of hydrogen-bond donors (Lipinski definition) is 0. The fourth-order valence-electron chi connectivity index (χ4n) is 2.75. The van der Waals surface area contributed by atoms with Gasteiger partial charge in [0, 0.05) is 6.42 Å². The molecule has 0 amide bonds. The molecule has 0 aliphatic carbocycles. The SMILES string of the molecule is CC(C)(C)CC(C)(C)CC(=O)c1cccc(Cl)c1F. The van der Waals surface area contributed by atoms with Crippen LogP contribution in [-0.4, -0.2) is 5.78 Å². The highest BCUT2D eigenvalue weighted by atomic mass is 35.5. The van der Waals surface area contributed by atoms with Crippen LogP contribution in [0, 0.1) is 16.6 Å². The number of halogens is 2. The average molecular weight is 285 g/mol. The second-order valence-corrected chi connectivity index (χ2v) is 7.51. The summed E-state index contributed by atoms with van der Waals surface area (Å²) in [6.07, 6.45) is 1.22. The number of ketones is 1. The molecule has 0 saturated heterocycles. The van der Waals surface area contributed by atoms with Crippen LogP contribution >= 0.6 is 11.6 Å². The largest absolute Gasteiger partial charge is 0.294 e. The van der Waals surface area contributed by atoms with Crippen molar-refractivity contribution in [1.29, 1.82) is 0 Å². The molecule has 1 aromatic rings. The average Bonchev–Trinajstić information content (AvgIpc) is 2.17. The Bertz CT molecular complexity index is 472. The second-order valence-electron chi connectivity index (χ2n) is 7.10. The molecular weight excluding hydrogens is 263 g/mol. The van der Waals surface area contributed by atoms with Gasteiger partial charge in [0.1, 0.15) is 0 Å². The summed E-state index contributed by atoms with van der Waals surface area (Å²) in [5, 5.41) is -0.000484. The van der Waals surface area contributed by atoms with E-state index in [2.05, 4.69) is 20.8 Å². The van der Waals surface area contributed by atoms with Gasteiger partial charge in [0.25, 0.3) is 0 Å². The molecule has 0 aromatic heterocycles. The Morgan fingerprint density at radius 1 is 1.21 bits per heavy atom. The van der Waals surface area contributed by atoms with Crippen LogP contribution in [0.5, 0.6) is 0 Å². The maximum absolute atomic E-state index is 13.8. The van der Waals surface area contributed by atoms with Crippen molar-refractivity contribution < 1.29 is 9.18 Å². The first-order chi connectivity index (χ1) is 8.52. The summed E-state index contributed by atoms with van der Waals surface area (Å²) in [7, 11) is 0. The maximum Gasteiger partial charge on any atom is 0.166 e. The lowest BCUT2D eigenvalue weighted by Gasteiger charge is -2.32. The van der Waals surface area contributed by atoms with Gasteiger partial charge in [-0.25, -0.2) is 4.39 Å². The molecule has 0 fully saturated rings. The number of benzene rings is 1. The Morgan fingerprint density at radius 2 is 1.79 bits per heavy atom. The first-order valence-corrected chi connectivity index (χ1v) is 6.87. The summed E-state index contributed by atoms with van der Waals surface area (Å²) >= 11 is 5.71. The molecule has 0 atom stereocenters. The molecule has 0 unspecified atom stereocenters. The lowest BCUT2D eigenvalue weighted by atomic mass is 9.73. The molecule has 1 aromatic carbocycles. The Balaban J connectivity index is 2.88. The Kier molecular flexibility index (Phi) is 4.78. The van der Waals surface area contributed by atoms with Crippen LogP contribution in [0.2, 0.25) is 5.02 Å². The molecule has 0 radical (unpaired) electrons. The van der Waals surface area contributed by atoms with Crippen LogP contribution in [0.1, 0.15) is 57.8 Å². The number of carbonyl (C=O) groups is 1. The molecule has 1 rings (SSSR count). The van der Waals surface area contributed by atoms with Crippen LogP contribution < -0.4 is 0 Å². The molecule has 0 spiro atoms. The van der Waals surface area contributed by atoms with E-state index in [0.29, 0.717) is 6.42 Å².